The summed E-state index contributed by atoms with van der Waals surface area (Å²) in [6.45, 7) is 5.52. The summed E-state index contributed by atoms with van der Waals surface area (Å²) in [5, 5.41) is 9.76. The van der Waals surface area contributed by atoms with Crippen molar-refractivity contribution in [1.82, 2.24) is 4.90 Å². The number of halogens is 1. The van der Waals surface area contributed by atoms with E-state index in [-0.39, 0.29) is 11.9 Å². The summed E-state index contributed by atoms with van der Waals surface area (Å²) in [4.78, 5) is 4.90. The van der Waals surface area contributed by atoms with Crippen LogP contribution in [0.3, 0.4) is 0 Å². The smallest absolute Gasteiger partial charge is 0.124 e. The fourth-order valence-electron chi connectivity index (χ4n) is 5.31. The average Bonchev–Trinajstić information content (AvgIpc) is 2.74. The highest BCUT2D eigenvalue weighted by molar-refractivity contribution is 7.99. The molecule has 2 nitrogen and oxygen atoms in total. The number of rotatable bonds is 2. The molecule has 2 fully saturated rings. The van der Waals surface area contributed by atoms with Gasteiger partial charge in [-0.1, -0.05) is 41.1 Å². The van der Waals surface area contributed by atoms with Gasteiger partial charge in [0.1, 0.15) is 5.82 Å². The number of hydrogen-bond acceptors (Lipinski definition) is 3. The normalized spacial score (nSPS) is 24.5. The molecule has 30 heavy (non-hydrogen) atoms. The molecule has 0 unspecified atom stereocenters. The van der Waals surface area contributed by atoms with Crippen LogP contribution in [0, 0.1) is 18.7 Å². The first-order valence-electron chi connectivity index (χ1n) is 11.3. The fourth-order valence-corrected chi connectivity index (χ4v) is 6.40. The first-order chi connectivity index (χ1) is 14.6. The molecule has 2 aromatic carbocycles. The summed E-state index contributed by atoms with van der Waals surface area (Å²) in [6.07, 6.45) is 6.35. The maximum absolute atomic E-state index is 14.0. The van der Waals surface area contributed by atoms with Crippen LogP contribution in [0.5, 0.6) is 0 Å². The minimum atomic E-state index is -0.159. The molecule has 1 N–H and O–H groups in total. The van der Waals surface area contributed by atoms with E-state index in [4.69, 9.17) is 0 Å². The third-order valence-electron chi connectivity index (χ3n) is 6.98. The third kappa shape index (κ3) is 4.10. The van der Waals surface area contributed by atoms with E-state index in [1.165, 1.54) is 39.3 Å². The van der Waals surface area contributed by atoms with Crippen LogP contribution in [0.4, 0.5) is 4.39 Å². The Hall–Kier alpha value is -1.62. The molecule has 4 heteroatoms. The van der Waals surface area contributed by atoms with Crippen LogP contribution in [0.15, 0.2) is 51.8 Å². The Morgan fingerprint density at radius 2 is 1.73 bits per heavy atom. The molecular formula is C26H30FNOS. The van der Waals surface area contributed by atoms with Crippen molar-refractivity contribution in [1.29, 1.82) is 0 Å². The standard InChI is InChI=1S/C26H30FNOS/c1-17-2-9-24-23(14-17)26(22-8-5-20(27)15-25(22)30-24)19-10-12-28(13-11-19)16-18-3-6-21(29)7-4-18/h2,5,8-9,14-15,18,21,29H,3-4,6-7,10-13,16H2,1H3. The van der Waals surface area contributed by atoms with Gasteiger partial charge in [0.2, 0.25) is 0 Å². The number of aliphatic hydroxyl groups excluding tert-OH is 1. The number of fused-ring (bicyclic) bond motifs is 2. The van der Waals surface area contributed by atoms with E-state index >= 15 is 0 Å². The van der Waals surface area contributed by atoms with Crippen molar-refractivity contribution in [2.24, 2.45) is 5.92 Å². The van der Waals surface area contributed by atoms with Gasteiger partial charge in [-0.05, 0) is 86.3 Å². The zero-order valence-electron chi connectivity index (χ0n) is 17.7. The van der Waals surface area contributed by atoms with E-state index in [9.17, 15) is 9.50 Å². The molecule has 158 valence electrons. The van der Waals surface area contributed by atoms with Gasteiger partial charge >= 0.3 is 0 Å². The van der Waals surface area contributed by atoms with Crippen LogP contribution >= 0.6 is 11.8 Å². The minimum Gasteiger partial charge on any atom is -0.393 e. The molecular weight excluding hydrogens is 393 g/mol. The second-order valence-corrected chi connectivity index (χ2v) is 10.3. The van der Waals surface area contributed by atoms with Crippen LogP contribution in [0.2, 0.25) is 0 Å². The zero-order valence-corrected chi connectivity index (χ0v) is 18.5. The van der Waals surface area contributed by atoms with Gasteiger partial charge < -0.3 is 10.0 Å². The van der Waals surface area contributed by atoms with Gasteiger partial charge in [-0.2, -0.15) is 0 Å². The third-order valence-corrected chi connectivity index (χ3v) is 8.12. The summed E-state index contributed by atoms with van der Waals surface area (Å²) in [5.41, 5.74) is 6.66. The predicted molar refractivity (Wildman–Crippen MR) is 121 cm³/mol. The second-order valence-electron chi connectivity index (χ2n) is 9.20. The van der Waals surface area contributed by atoms with Crippen molar-refractivity contribution in [3.05, 3.63) is 64.5 Å². The van der Waals surface area contributed by atoms with Crippen LogP contribution < -0.4 is 0 Å². The van der Waals surface area contributed by atoms with Crippen LogP contribution in [0.1, 0.15) is 55.2 Å². The molecule has 0 amide bonds. The Morgan fingerprint density at radius 1 is 0.967 bits per heavy atom. The molecule has 5 rings (SSSR count). The SMILES string of the molecule is Cc1ccc2c(c1)C(=C1CCN(CC3CCC(O)CC3)CC1)c1ccc(F)cc1S2. The Morgan fingerprint density at radius 3 is 2.50 bits per heavy atom. The quantitative estimate of drug-likeness (QED) is 0.543. The first-order valence-corrected chi connectivity index (χ1v) is 12.1. The zero-order chi connectivity index (χ0) is 20.7. The molecule has 2 aromatic rings. The van der Waals surface area contributed by atoms with Gasteiger partial charge in [0.25, 0.3) is 0 Å². The molecule has 1 saturated carbocycles. The molecule has 0 bridgehead atoms. The van der Waals surface area contributed by atoms with E-state index < -0.39 is 0 Å². The topological polar surface area (TPSA) is 23.5 Å². The summed E-state index contributed by atoms with van der Waals surface area (Å²) >= 11 is 1.69. The largest absolute Gasteiger partial charge is 0.393 e. The maximum Gasteiger partial charge on any atom is 0.124 e. The molecule has 2 heterocycles. The average molecular weight is 424 g/mol. The highest BCUT2D eigenvalue weighted by atomic mass is 32.2. The number of likely N-dealkylation sites (tertiary alicyclic amines) is 1. The van der Waals surface area contributed by atoms with Crippen LogP contribution in [-0.2, 0) is 0 Å². The van der Waals surface area contributed by atoms with Gasteiger partial charge in [-0.15, -0.1) is 0 Å². The fraction of sp³-hybridized carbons (Fsp3) is 0.462. The van der Waals surface area contributed by atoms with Gasteiger partial charge in [0.15, 0.2) is 0 Å². The molecule has 3 aliphatic rings. The van der Waals surface area contributed by atoms with E-state index in [1.54, 1.807) is 23.9 Å². The summed E-state index contributed by atoms with van der Waals surface area (Å²) in [6, 6.07) is 11.9. The lowest BCUT2D eigenvalue weighted by Gasteiger charge is -2.35. The number of piperidine rings is 1. The lowest BCUT2D eigenvalue weighted by Crippen LogP contribution is -2.36. The van der Waals surface area contributed by atoms with E-state index in [2.05, 4.69) is 30.0 Å². The molecule has 0 radical (unpaired) electrons. The van der Waals surface area contributed by atoms with Crippen molar-refractivity contribution in [2.75, 3.05) is 19.6 Å². The van der Waals surface area contributed by atoms with Crippen molar-refractivity contribution >= 4 is 17.3 Å². The number of aryl methyl sites for hydroxylation is 1. The van der Waals surface area contributed by atoms with E-state index in [1.807, 2.05) is 6.07 Å². The van der Waals surface area contributed by atoms with Crippen LogP contribution in [-0.4, -0.2) is 35.7 Å². The number of hydrogen-bond donors (Lipinski definition) is 1. The highest BCUT2D eigenvalue weighted by Crippen LogP contribution is 2.48. The number of benzene rings is 2. The Bertz CT molecular complexity index is 967. The molecule has 2 aliphatic heterocycles. The lowest BCUT2D eigenvalue weighted by atomic mass is 9.85. The lowest BCUT2D eigenvalue weighted by molar-refractivity contribution is 0.0923. The van der Waals surface area contributed by atoms with Crippen molar-refractivity contribution in [3.8, 4) is 0 Å². The highest BCUT2D eigenvalue weighted by Gasteiger charge is 2.28. The van der Waals surface area contributed by atoms with E-state index in [0.717, 1.165) is 62.4 Å². The second kappa shape index (κ2) is 8.49. The van der Waals surface area contributed by atoms with Crippen molar-refractivity contribution in [2.45, 2.75) is 61.3 Å². The van der Waals surface area contributed by atoms with Crippen molar-refractivity contribution in [3.63, 3.8) is 0 Å². The number of aliphatic hydroxyl groups is 1. The first kappa shape index (κ1) is 20.3. The molecule has 1 aliphatic carbocycles. The maximum atomic E-state index is 14.0. The predicted octanol–water partition coefficient (Wildman–Crippen LogP) is 6.05. The summed E-state index contributed by atoms with van der Waals surface area (Å²) < 4.78 is 14.0. The van der Waals surface area contributed by atoms with Gasteiger partial charge in [-0.3, -0.25) is 0 Å². The molecule has 0 aromatic heterocycles. The van der Waals surface area contributed by atoms with Gasteiger partial charge in [0, 0.05) is 29.4 Å². The summed E-state index contributed by atoms with van der Waals surface area (Å²) in [5.74, 6) is 0.578. The summed E-state index contributed by atoms with van der Waals surface area (Å²) in [7, 11) is 0. The molecule has 0 atom stereocenters. The Labute approximate surface area is 183 Å². The van der Waals surface area contributed by atoms with Gasteiger partial charge in [-0.25, -0.2) is 4.39 Å². The molecule has 0 spiro atoms. The Kier molecular flexibility index (Phi) is 5.74. The van der Waals surface area contributed by atoms with E-state index in [0.29, 0.717) is 0 Å². The van der Waals surface area contributed by atoms with Gasteiger partial charge in [0.05, 0.1) is 6.10 Å². The van der Waals surface area contributed by atoms with Crippen LogP contribution in [0.25, 0.3) is 5.57 Å². The Balaban J connectivity index is 1.40. The molecule has 1 saturated heterocycles. The monoisotopic (exact) mass is 423 g/mol. The minimum absolute atomic E-state index is 0.0726. The van der Waals surface area contributed by atoms with Crippen molar-refractivity contribution < 1.29 is 9.50 Å². The number of nitrogens with zero attached hydrogens (tertiary/aromatic N) is 1.